The fraction of sp³-hybridized carbons (Fsp3) is 0.333. The molecule has 0 aromatic heterocycles. The molecule has 0 saturated carbocycles. The lowest BCUT2D eigenvalue weighted by Crippen LogP contribution is -2.38. The molecule has 240 valence electrons. The van der Waals surface area contributed by atoms with Crippen molar-refractivity contribution < 1.29 is 55.3 Å². The van der Waals surface area contributed by atoms with Gasteiger partial charge in [0.2, 0.25) is 0 Å². The highest BCUT2D eigenvalue weighted by molar-refractivity contribution is 6.31. The minimum atomic E-state index is -5.29. The standard InChI is InChI=1S/C30H26ClF5N2O7/c1-14(2)45-29(42)23-20(13-44-11-10-38-26(39)15-6-4-5-7-16(15)27(38)40)37-19(12-32)22(28(41)43-3)24(23)21-18(33)9-8-17(31)25(21)30(34,35)36/h4-9,14,24,37H,10-13H2,1-3H3. The first-order valence-corrected chi connectivity index (χ1v) is 13.8. The predicted octanol–water partition coefficient (Wildman–Crippen LogP) is 5.10. The van der Waals surface area contributed by atoms with E-state index >= 15 is 4.39 Å². The summed E-state index contributed by atoms with van der Waals surface area (Å²) >= 11 is 5.88. The summed E-state index contributed by atoms with van der Waals surface area (Å²) < 4.78 is 88.5. The molecule has 2 aromatic rings. The molecule has 0 fully saturated rings. The number of imide groups is 1. The molecular weight excluding hydrogens is 631 g/mol. The fourth-order valence-corrected chi connectivity index (χ4v) is 5.37. The van der Waals surface area contributed by atoms with Crippen LogP contribution in [0.5, 0.6) is 0 Å². The number of nitrogens with one attached hydrogen (secondary N) is 1. The summed E-state index contributed by atoms with van der Waals surface area (Å²) in [6.45, 7) is 0.167. The van der Waals surface area contributed by atoms with Gasteiger partial charge in [0.25, 0.3) is 11.8 Å². The van der Waals surface area contributed by atoms with Crippen LogP contribution in [-0.4, -0.2) is 68.3 Å². The van der Waals surface area contributed by atoms with Crippen molar-refractivity contribution in [2.75, 3.05) is 33.5 Å². The van der Waals surface area contributed by atoms with E-state index in [0.717, 1.165) is 12.0 Å². The van der Waals surface area contributed by atoms with Crippen molar-refractivity contribution in [3.63, 3.8) is 0 Å². The van der Waals surface area contributed by atoms with Crippen LogP contribution in [0.2, 0.25) is 5.02 Å². The minimum Gasteiger partial charge on any atom is -0.466 e. The highest BCUT2D eigenvalue weighted by Gasteiger charge is 2.47. The zero-order chi connectivity index (χ0) is 33.2. The number of hydrogen-bond donors (Lipinski definition) is 1. The van der Waals surface area contributed by atoms with Crippen molar-refractivity contribution in [1.82, 2.24) is 10.2 Å². The molecule has 1 atom stereocenters. The molecule has 1 N–H and O–H groups in total. The Kier molecular flexibility index (Phi) is 9.98. The van der Waals surface area contributed by atoms with Gasteiger partial charge < -0.3 is 19.5 Å². The number of esters is 2. The molecule has 2 aromatic carbocycles. The molecule has 15 heteroatoms. The first kappa shape index (κ1) is 33.6. The van der Waals surface area contributed by atoms with Crippen LogP contribution < -0.4 is 5.32 Å². The number of carbonyl (C=O) groups is 4. The van der Waals surface area contributed by atoms with Crippen molar-refractivity contribution in [3.8, 4) is 0 Å². The van der Waals surface area contributed by atoms with Crippen LogP contribution in [-0.2, 0) is 30.0 Å². The molecule has 0 aliphatic carbocycles. The Hall–Kier alpha value is -4.30. The maximum Gasteiger partial charge on any atom is 0.418 e. The van der Waals surface area contributed by atoms with Gasteiger partial charge in [-0.25, -0.2) is 18.4 Å². The third-order valence-electron chi connectivity index (χ3n) is 6.93. The number of amides is 2. The second-order valence-corrected chi connectivity index (χ2v) is 10.5. The number of benzene rings is 2. The zero-order valence-corrected chi connectivity index (χ0v) is 24.8. The number of fused-ring (bicyclic) bond motifs is 1. The van der Waals surface area contributed by atoms with Gasteiger partial charge in [-0.1, -0.05) is 23.7 Å². The van der Waals surface area contributed by atoms with Crippen LogP contribution in [0, 0.1) is 5.82 Å². The third kappa shape index (κ3) is 6.57. The molecule has 45 heavy (non-hydrogen) atoms. The number of dihydropyridines is 1. The summed E-state index contributed by atoms with van der Waals surface area (Å²) in [5, 5.41) is 1.55. The zero-order valence-electron chi connectivity index (χ0n) is 24.0. The average molecular weight is 657 g/mol. The summed E-state index contributed by atoms with van der Waals surface area (Å²) in [5.74, 6) is -7.48. The van der Waals surface area contributed by atoms with Crippen molar-refractivity contribution in [2.45, 2.75) is 32.0 Å². The molecule has 0 radical (unpaired) electrons. The molecule has 2 aliphatic rings. The minimum absolute atomic E-state index is 0.192. The van der Waals surface area contributed by atoms with Crippen LogP contribution >= 0.6 is 11.6 Å². The van der Waals surface area contributed by atoms with E-state index in [1.807, 2.05) is 0 Å². The SMILES string of the molecule is COC(=O)C1=C(CF)NC(COCCN2C(=O)c3ccccc3C2=O)=C(C(=O)OC(C)C)C1c1c(F)ccc(Cl)c1C(F)(F)F. The Labute approximate surface area is 258 Å². The topological polar surface area (TPSA) is 111 Å². The van der Waals surface area contributed by atoms with E-state index in [0.29, 0.717) is 12.1 Å². The van der Waals surface area contributed by atoms with Crippen molar-refractivity contribution >= 4 is 35.4 Å². The van der Waals surface area contributed by atoms with Gasteiger partial charge in [0.1, 0.15) is 12.5 Å². The lowest BCUT2D eigenvalue weighted by atomic mass is 9.78. The highest BCUT2D eigenvalue weighted by atomic mass is 35.5. The largest absolute Gasteiger partial charge is 0.466 e. The molecule has 0 saturated heterocycles. The normalized spacial score (nSPS) is 16.8. The van der Waals surface area contributed by atoms with E-state index in [1.54, 1.807) is 12.1 Å². The van der Waals surface area contributed by atoms with E-state index in [1.165, 1.54) is 26.0 Å². The van der Waals surface area contributed by atoms with Crippen molar-refractivity contribution in [1.29, 1.82) is 0 Å². The smallest absolute Gasteiger partial charge is 0.418 e. The average Bonchev–Trinajstić information content (AvgIpc) is 3.22. The van der Waals surface area contributed by atoms with Gasteiger partial charge in [-0.15, -0.1) is 0 Å². The van der Waals surface area contributed by atoms with Crippen molar-refractivity contribution in [2.24, 2.45) is 0 Å². The van der Waals surface area contributed by atoms with Crippen LogP contribution in [0.1, 0.15) is 51.6 Å². The number of rotatable bonds is 10. The summed E-state index contributed by atoms with van der Waals surface area (Å²) in [4.78, 5) is 52.7. The van der Waals surface area contributed by atoms with Gasteiger partial charge >= 0.3 is 18.1 Å². The molecule has 0 spiro atoms. The number of allylic oxidation sites excluding steroid dienone is 1. The number of carbonyl (C=O) groups excluding carboxylic acids is 4. The van der Waals surface area contributed by atoms with Crippen LogP contribution in [0.25, 0.3) is 0 Å². The molecule has 4 rings (SSSR count). The third-order valence-corrected chi connectivity index (χ3v) is 7.24. The van der Waals surface area contributed by atoms with E-state index in [4.69, 9.17) is 25.8 Å². The molecule has 2 heterocycles. The fourth-order valence-electron chi connectivity index (χ4n) is 5.10. The van der Waals surface area contributed by atoms with Gasteiger partial charge in [0.15, 0.2) is 0 Å². The van der Waals surface area contributed by atoms with E-state index in [2.05, 4.69) is 5.32 Å². The van der Waals surface area contributed by atoms with Gasteiger partial charge in [-0.3, -0.25) is 14.5 Å². The van der Waals surface area contributed by atoms with Gasteiger partial charge in [-0.05, 0) is 38.1 Å². The predicted molar refractivity (Wildman–Crippen MR) is 148 cm³/mol. The summed E-state index contributed by atoms with van der Waals surface area (Å²) in [5.41, 5.74) is -5.06. The number of hydrogen-bond acceptors (Lipinski definition) is 8. The lowest BCUT2D eigenvalue weighted by molar-refractivity contribution is -0.144. The summed E-state index contributed by atoms with van der Waals surface area (Å²) in [6, 6.07) is 7.40. The summed E-state index contributed by atoms with van der Waals surface area (Å²) in [7, 11) is 0.870. The molecule has 0 bridgehead atoms. The van der Waals surface area contributed by atoms with E-state index in [9.17, 15) is 36.7 Å². The maximum absolute atomic E-state index is 15.5. The number of ether oxygens (including phenoxy) is 3. The Morgan fingerprint density at radius 3 is 2.13 bits per heavy atom. The number of nitrogens with zero attached hydrogens (tertiary/aromatic N) is 1. The van der Waals surface area contributed by atoms with E-state index in [-0.39, 0.29) is 30.0 Å². The number of methoxy groups -OCH3 is 1. The molecular formula is C30H26ClF5N2O7. The Balaban J connectivity index is 1.79. The van der Waals surface area contributed by atoms with Gasteiger partial charge in [0, 0.05) is 5.56 Å². The van der Waals surface area contributed by atoms with Crippen LogP contribution in [0.4, 0.5) is 22.0 Å². The van der Waals surface area contributed by atoms with Crippen molar-refractivity contribution in [3.05, 3.63) is 92.0 Å². The quantitative estimate of drug-likeness (QED) is 0.163. The number of halogens is 6. The Morgan fingerprint density at radius 1 is 1.00 bits per heavy atom. The highest BCUT2D eigenvalue weighted by Crippen LogP contribution is 2.48. The van der Waals surface area contributed by atoms with Crippen LogP contribution in [0.15, 0.2) is 58.9 Å². The first-order chi connectivity index (χ1) is 21.2. The lowest BCUT2D eigenvalue weighted by Gasteiger charge is -2.33. The molecule has 9 nitrogen and oxygen atoms in total. The van der Waals surface area contributed by atoms with Gasteiger partial charge in [-0.2, -0.15) is 13.2 Å². The Bertz CT molecular complexity index is 1590. The van der Waals surface area contributed by atoms with E-state index < -0.39 is 94.0 Å². The molecule has 2 amide bonds. The maximum atomic E-state index is 15.5. The number of alkyl halides is 4. The first-order valence-electron chi connectivity index (χ1n) is 13.4. The Morgan fingerprint density at radius 2 is 1.60 bits per heavy atom. The van der Waals surface area contributed by atoms with Gasteiger partial charge in [0.05, 0.1) is 83.1 Å². The second kappa shape index (κ2) is 13.4. The summed E-state index contributed by atoms with van der Waals surface area (Å²) in [6.07, 6.45) is -6.12. The molecule has 1 unspecified atom stereocenters. The van der Waals surface area contributed by atoms with Crippen LogP contribution in [0.3, 0.4) is 0 Å². The monoisotopic (exact) mass is 656 g/mol. The molecule has 2 aliphatic heterocycles. The second-order valence-electron chi connectivity index (χ2n) is 10.1.